The lowest BCUT2D eigenvalue weighted by Crippen LogP contribution is -2.40. The summed E-state index contributed by atoms with van der Waals surface area (Å²) in [7, 11) is 0. The predicted molar refractivity (Wildman–Crippen MR) is 105 cm³/mol. The van der Waals surface area contributed by atoms with E-state index in [1.807, 2.05) is 20.0 Å². The van der Waals surface area contributed by atoms with Crippen molar-refractivity contribution in [3.05, 3.63) is 11.9 Å². The predicted octanol–water partition coefficient (Wildman–Crippen LogP) is 1.32. The molecule has 0 fully saturated rings. The van der Waals surface area contributed by atoms with Crippen LogP contribution in [-0.4, -0.2) is 72.3 Å². The first-order valence-corrected chi connectivity index (χ1v) is 9.57. The molecule has 0 aromatic carbocycles. The van der Waals surface area contributed by atoms with Gasteiger partial charge < -0.3 is 24.8 Å². The zero-order valence-corrected chi connectivity index (χ0v) is 17.2. The molecule has 1 aromatic rings. The van der Waals surface area contributed by atoms with Gasteiger partial charge in [-0.15, -0.1) is 5.10 Å². The number of aromatic nitrogens is 3. The lowest BCUT2D eigenvalue weighted by atomic mass is 10.2. The molecule has 1 heterocycles. The number of nitrogens with one attached hydrogen (secondary N) is 2. The number of ether oxygens (including phenoxy) is 3. The maximum atomic E-state index is 5.52. The molecule has 0 saturated carbocycles. The van der Waals surface area contributed by atoms with Gasteiger partial charge in [0.1, 0.15) is 0 Å². The van der Waals surface area contributed by atoms with E-state index in [1.165, 1.54) is 0 Å². The highest BCUT2D eigenvalue weighted by molar-refractivity contribution is 7.80. The van der Waals surface area contributed by atoms with E-state index in [9.17, 15) is 0 Å². The zero-order chi connectivity index (χ0) is 19.2. The minimum Gasteiger partial charge on any atom is -0.377 e. The van der Waals surface area contributed by atoms with Crippen molar-refractivity contribution in [3.8, 4) is 0 Å². The van der Waals surface area contributed by atoms with E-state index in [4.69, 9.17) is 26.4 Å². The van der Waals surface area contributed by atoms with E-state index >= 15 is 0 Å². The first-order chi connectivity index (χ1) is 12.5. The second-order valence-electron chi connectivity index (χ2n) is 6.45. The molecule has 0 aliphatic heterocycles. The normalized spacial score (nSPS) is 11.3. The van der Waals surface area contributed by atoms with Gasteiger partial charge in [0.2, 0.25) is 0 Å². The molecule has 0 aliphatic rings. The van der Waals surface area contributed by atoms with Gasteiger partial charge in [-0.05, 0) is 32.0 Å². The fourth-order valence-corrected chi connectivity index (χ4v) is 2.27. The molecule has 8 nitrogen and oxygen atoms in total. The van der Waals surface area contributed by atoms with Crippen LogP contribution in [0.5, 0.6) is 0 Å². The van der Waals surface area contributed by atoms with E-state index < -0.39 is 0 Å². The third kappa shape index (κ3) is 11.3. The Morgan fingerprint density at radius 3 is 2.23 bits per heavy atom. The zero-order valence-electron chi connectivity index (χ0n) is 16.4. The smallest absolute Gasteiger partial charge is 0.166 e. The Morgan fingerprint density at radius 1 is 1.04 bits per heavy atom. The number of rotatable bonds is 14. The number of hydrogen-bond donors (Lipinski definition) is 2. The lowest BCUT2D eigenvalue weighted by molar-refractivity contribution is 0.0137. The van der Waals surface area contributed by atoms with Crippen LogP contribution < -0.4 is 10.6 Å². The van der Waals surface area contributed by atoms with Crippen molar-refractivity contribution in [2.75, 3.05) is 46.2 Å². The molecular weight excluding hydrogens is 354 g/mol. The summed E-state index contributed by atoms with van der Waals surface area (Å²) in [6.07, 6.45) is 1.96. The van der Waals surface area contributed by atoms with Crippen molar-refractivity contribution in [1.29, 1.82) is 0 Å². The molecular formula is C17H33N5O3S. The van der Waals surface area contributed by atoms with Gasteiger partial charge in [0.15, 0.2) is 5.11 Å². The lowest BCUT2D eigenvalue weighted by Gasteiger charge is -2.13. The highest BCUT2D eigenvalue weighted by atomic mass is 32.1. The Balaban J connectivity index is 1.84. The average Bonchev–Trinajstić information content (AvgIpc) is 3.04. The van der Waals surface area contributed by atoms with Gasteiger partial charge in [-0.25, -0.2) is 4.68 Å². The second kappa shape index (κ2) is 13.9. The standard InChI is InChI=1S/C17H33N5O3S/c1-14(2)16-13-22(21-20-16)6-8-24-10-12-25-11-9-23-7-5-18-17(26)19-15(3)4/h13-15H,5-12H2,1-4H3,(H2,18,19,26). The summed E-state index contributed by atoms with van der Waals surface area (Å²) >= 11 is 5.12. The Labute approximate surface area is 162 Å². The van der Waals surface area contributed by atoms with Crippen LogP contribution in [0, 0.1) is 0 Å². The van der Waals surface area contributed by atoms with E-state index in [0.717, 1.165) is 5.69 Å². The van der Waals surface area contributed by atoms with Crippen molar-refractivity contribution in [3.63, 3.8) is 0 Å². The molecule has 0 radical (unpaired) electrons. The third-order valence-corrected chi connectivity index (χ3v) is 3.57. The summed E-state index contributed by atoms with van der Waals surface area (Å²) in [5.74, 6) is 0.393. The SMILES string of the molecule is CC(C)NC(=S)NCCOCCOCCOCCn1cc(C(C)C)nn1. The molecule has 0 bridgehead atoms. The minimum atomic E-state index is 0.334. The van der Waals surface area contributed by atoms with Gasteiger partial charge in [-0.2, -0.15) is 0 Å². The molecule has 0 unspecified atom stereocenters. The molecule has 0 aliphatic carbocycles. The minimum absolute atomic E-state index is 0.334. The molecule has 2 N–H and O–H groups in total. The van der Waals surface area contributed by atoms with E-state index in [-0.39, 0.29) is 0 Å². The molecule has 0 amide bonds. The highest BCUT2D eigenvalue weighted by Crippen LogP contribution is 2.08. The first-order valence-electron chi connectivity index (χ1n) is 9.16. The number of nitrogens with zero attached hydrogens (tertiary/aromatic N) is 3. The second-order valence-corrected chi connectivity index (χ2v) is 6.86. The summed E-state index contributed by atoms with van der Waals surface area (Å²) in [5, 5.41) is 15.0. The van der Waals surface area contributed by atoms with Gasteiger partial charge in [0.05, 0.1) is 51.9 Å². The topological polar surface area (TPSA) is 82.5 Å². The maximum absolute atomic E-state index is 5.52. The third-order valence-electron chi connectivity index (χ3n) is 3.31. The van der Waals surface area contributed by atoms with Gasteiger partial charge in [0, 0.05) is 18.8 Å². The fraction of sp³-hybridized carbons (Fsp3) is 0.824. The largest absolute Gasteiger partial charge is 0.377 e. The number of hydrogen-bond acceptors (Lipinski definition) is 6. The quantitative estimate of drug-likeness (QED) is 0.365. The van der Waals surface area contributed by atoms with Crippen molar-refractivity contribution >= 4 is 17.3 Å². The van der Waals surface area contributed by atoms with Crippen molar-refractivity contribution in [1.82, 2.24) is 25.6 Å². The van der Waals surface area contributed by atoms with Crippen LogP contribution in [0.25, 0.3) is 0 Å². The monoisotopic (exact) mass is 387 g/mol. The van der Waals surface area contributed by atoms with Crippen LogP contribution in [0.3, 0.4) is 0 Å². The van der Waals surface area contributed by atoms with Gasteiger partial charge in [-0.3, -0.25) is 0 Å². The summed E-state index contributed by atoms with van der Waals surface area (Å²) in [6.45, 7) is 13.1. The van der Waals surface area contributed by atoms with Gasteiger partial charge in [-0.1, -0.05) is 19.1 Å². The summed E-state index contributed by atoms with van der Waals surface area (Å²) in [5.41, 5.74) is 1.00. The average molecular weight is 388 g/mol. The van der Waals surface area contributed by atoms with Crippen LogP contribution in [0.2, 0.25) is 0 Å². The van der Waals surface area contributed by atoms with E-state index in [0.29, 0.717) is 69.8 Å². The van der Waals surface area contributed by atoms with E-state index in [2.05, 4.69) is 34.8 Å². The van der Waals surface area contributed by atoms with Crippen LogP contribution in [0.15, 0.2) is 6.20 Å². The first kappa shape index (κ1) is 22.8. The molecule has 0 saturated heterocycles. The van der Waals surface area contributed by atoms with Crippen LogP contribution in [0.1, 0.15) is 39.3 Å². The van der Waals surface area contributed by atoms with Gasteiger partial charge >= 0.3 is 0 Å². The van der Waals surface area contributed by atoms with Crippen molar-refractivity contribution < 1.29 is 14.2 Å². The van der Waals surface area contributed by atoms with Crippen LogP contribution in [0.4, 0.5) is 0 Å². The van der Waals surface area contributed by atoms with Crippen molar-refractivity contribution in [2.24, 2.45) is 0 Å². The Morgan fingerprint density at radius 2 is 1.65 bits per heavy atom. The summed E-state index contributed by atoms with van der Waals surface area (Å²) in [4.78, 5) is 0. The molecule has 150 valence electrons. The maximum Gasteiger partial charge on any atom is 0.166 e. The number of thiocarbonyl (C=S) groups is 1. The van der Waals surface area contributed by atoms with E-state index in [1.54, 1.807) is 4.68 Å². The van der Waals surface area contributed by atoms with Crippen molar-refractivity contribution in [2.45, 2.75) is 46.2 Å². The van der Waals surface area contributed by atoms with Gasteiger partial charge in [0.25, 0.3) is 0 Å². The van der Waals surface area contributed by atoms with Crippen LogP contribution in [-0.2, 0) is 20.8 Å². The highest BCUT2D eigenvalue weighted by Gasteiger charge is 2.04. The van der Waals surface area contributed by atoms with Crippen LogP contribution >= 0.6 is 12.2 Å². The Hall–Kier alpha value is -1.29. The fourth-order valence-electron chi connectivity index (χ4n) is 1.94. The molecule has 1 rings (SSSR count). The molecule has 1 aromatic heterocycles. The Bertz CT molecular complexity index is 496. The summed E-state index contributed by atoms with van der Waals surface area (Å²) < 4.78 is 18.3. The molecule has 0 atom stereocenters. The molecule has 26 heavy (non-hydrogen) atoms. The summed E-state index contributed by atoms with van der Waals surface area (Å²) in [6, 6.07) is 0.334. The Kier molecular flexibility index (Phi) is 12.1. The molecule has 9 heteroatoms. The molecule has 0 spiro atoms.